The van der Waals surface area contributed by atoms with Crippen molar-refractivity contribution in [3.05, 3.63) is 76.7 Å². The molecule has 0 radical (unpaired) electrons. The fourth-order valence-corrected chi connectivity index (χ4v) is 5.67. The highest BCUT2D eigenvalue weighted by Gasteiger charge is 2.39. The lowest BCUT2D eigenvalue weighted by Crippen LogP contribution is -2.22. The number of Topliss-reactive ketones (excluding diaryl/α,β-unsaturated/α-hetero) is 1. The van der Waals surface area contributed by atoms with E-state index in [1.54, 1.807) is 32.4 Å². The molecule has 4 heterocycles. The molecule has 40 heavy (non-hydrogen) atoms. The zero-order chi connectivity index (χ0) is 27.5. The number of carbonyl (C=O) groups excluding carboxylic acids is 2. The van der Waals surface area contributed by atoms with Crippen molar-refractivity contribution in [2.45, 2.75) is 12.3 Å². The van der Waals surface area contributed by atoms with Gasteiger partial charge in [0.25, 0.3) is 0 Å². The number of hydrogen-bond donors (Lipinski definition) is 0. The van der Waals surface area contributed by atoms with Crippen LogP contribution in [0, 0.1) is 0 Å². The summed E-state index contributed by atoms with van der Waals surface area (Å²) in [5.74, 6) is 2.15. The smallest absolute Gasteiger partial charge is 0.312 e. The molecular weight excluding hydrogens is 514 g/mol. The number of ketones is 1. The highest BCUT2D eigenvalue weighted by Crippen LogP contribution is 2.51. The van der Waals surface area contributed by atoms with Gasteiger partial charge < -0.3 is 33.0 Å². The van der Waals surface area contributed by atoms with Crippen molar-refractivity contribution in [3.63, 3.8) is 0 Å². The Labute approximate surface area is 229 Å². The minimum atomic E-state index is -0.454. The van der Waals surface area contributed by atoms with Crippen molar-refractivity contribution in [1.29, 1.82) is 0 Å². The van der Waals surface area contributed by atoms with Gasteiger partial charge in [0, 0.05) is 41.2 Å². The summed E-state index contributed by atoms with van der Waals surface area (Å²) in [5, 5.41) is 0.930. The van der Waals surface area contributed by atoms with Crippen molar-refractivity contribution in [3.8, 4) is 34.5 Å². The van der Waals surface area contributed by atoms with Gasteiger partial charge in [-0.25, -0.2) is 0 Å². The molecule has 0 spiro atoms. The SMILES string of the molecule is COc1ccc2c(c1)c(/C=C1\Oc3c(ccc4c3C(c3cc(OC)c5c(c3)OCCO5)CC(=O)O4)C1=O)cn2C. The minimum absolute atomic E-state index is 0.0615. The van der Waals surface area contributed by atoms with E-state index in [1.165, 1.54) is 0 Å². The lowest BCUT2D eigenvalue weighted by Gasteiger charge is -2.28. The summed E-state index contributed by atoms with van der Waals surface area (Å²) in [4.78, 5) is 26.2. The number of esters is 1. The summed E-state index contributed by atoms with van der Waals surface area (Å²) in [6.07, 6.45) is 3.75. The average Bonchev–Trinajstić information content (AvgIpc) is 3.46. The van der Waals surface area contributed by atoms with Gasteiger partial charge in [0.05, 0.1) is 26.2 Å². The van der Waals surface area contributed by atoms with E-state index >= 15 is 0 Å². The van der Waals surface area contributed by atoms with Crippen molar-refractivity contribution in [1.82, 2.24) is 4.57 Å². The number of aryl methyl sites for hydroxylation is 1. The summed E-state index contributed by atoms with van der Waals surface area (Å²) in [7, 11) is 5.12. The van der Waals surface area contributed by atoms with Crippen molar-refractivity contribution in [2.75, 3.05) is 27.4 Å². The number of rotatable bonds is 4. The van der Waals surface area contributed by atoms with Gasteiger partial charge in [-0.05, 0) is 54.1 Å². The Morgan fingerprint density at radius 1 is 0.925 bits per heavy atom. The first-order valence-corrected chi connectivity index (χ1v) is 12.9. The maximum absolute atomic E-state index is 13.6. The van der Waals surface area contributed by atoms with E-state index in [9.17, 15) is 9.59 Å². The molecule has 0 N–H and O–H groups in total. The first-order chi connectivity index (χ1) is 19.4. The quantitative estimate of drug-likeness (QED) is 0.203. The summed E-state index contributed by atoms with van der Waals surface area (Å²) in [6, 6.07) is 12.8. The van der Waals surface area contributed by atoms with Crippen LogP contribution in [0.3, 0.4) is 0 Å². The third-order valence-corrected chi connectivity index (χ3v) is 7.55. The topological polar surface area (TPSA) is 94.5 Å². The van der Waals surface area contributed by atoms with Crippen molar-refractivity contribution in [2.24, 2.45) is 7.05 Å². The molecule has 0 bridgehead atoms. The molecule has 3 aromatic carbocycles. The summed E-state index contributed by atoms with van der Waals surface area (Å²) >= 11 is 0. The van der Waals surface area contributed by atoms with Gasteiger partial charge >= 0.3 is 5.97 Å². The maximum atomic E-state index is 13.6. The standard InChI is InChI=1S/C31H25NO8/c1-32-15-17(20-13-18(35-2)4-6-22(20)32)12-24-29(34)19-5-7-23-28(30(19)40-24)21(14-27(33)39-23)16-10-25(36-3)31-26(11-16)37-8-9-38-31/h4-7,10-13,15,21H,8-9,14H2,1-3H3/b24-12-. The molecule has 0 amide bonds. The Balaban J connectivity index is 1.34. The van der Waals surface area contributed by atoms with Crippen LogP contribution in [0.1, 0.15) is 39.4 Å². The van der Waals surface area contributed by atoms with E-state index in [0.29, 0.717) is 58.8 Å². The molecule has 0 fully saturated rings. The number of benzene rings is 3. The molecule has 0 saturated carbocycles. The molecule has 0 aliphatic carbocycles. The Hall–Kier alpha value is -4.92. The second-order valence-electron chi connectivity index (χ2n) is 9.85. The van der Waals surface area contributed by atoms with Gasteiger partial charge in [0.2, 0.25) is 11.5 Å². The van der Waals surface area contributed by atoms with Gasteiger partial charge in [-0.1, -0.05) is 0 Å². The molecule has 9 nitrogen and oxygen atoms in total. The largest absolute Gasteiger partial charge is 0.497 e. The fraction of sp³-hybridized carbons (Fsp3) is 0.226. The van der Waals surface area contributed by atoms with Crippen molar-refractivity contribution < 1.29 is 38.0 Å². The summed E-state index contributed by atoms with van der Waals surface area (Å²) < 4.78 is 36.4. The third-order valence-electron chi connectivity index (χ3n) is 7.55. The Morgan fingerprint density at radius 3 is 2.60 bits per heavy atom. The van der Waals surface area contributed by atoms with Crippen LogP contribution in [0.2, 0.25) is 0 Å². The molecule has 1 atom stereocenters. The van der Waals surface area contributed by atoms with Crippen LogP contribution < -0.4 is 28.4 Å². The first kappa shape index (κ1) is 24.1. The first-order valence-electron chi connectivity index (χ1n) is 12.9. The molecule has 9 heteroatoms. The van der Waals surface area contributed by atoms with E-state index < -0.39 is 5.92 Å². The fourth-order valence-electron chi connectivity index (χ4n) is 5.67. The molecular formula is C31H25NO8. The Morgan fingerprint density at radius 2 is 1.77 bits per heavy atom. The van der Waals surface area contributed by atoms with E-state index in [-0.39, 0.29) is 23.9 Å². The molecule has 202 valence electrons. The van der Waals surface area contributed by atoms with Crippen LogP contribution in [0.5, 0.6) is 34.5 Å². The van der Waals surface area contributed by atoms with E-state index in [1.807, 2.05) is 48.1 Å². The number of carbonyl (C=O) groups is 2. The second-order valence-corrected chi connectivity index (χ2v) is 9.85. The Kier molecular flexibility index (Phi) is 5.48. The van der Waals surface area contributed by atoms with Gasteiger partial charge in [0.15, 0.2) is 17.3 Å². The number of aromatic nitrogens is 1. The van der Waals surface area contributed by atoms with Gasteiger partial charge in [0.1, 0.15) is 30.5 Å². The molecule has 3 aliphatic heterocycles. The molecule has 4 aromatic rings. The summed E-state index contributed by atoms with van der Waals surface area (Å²) in [5.41, 5.74) is 3.62. The summed E-state index contributed by atoms with van der Waals surface area (Å²) in [6.45, 7) is 0.827. The van der Waals surface area contributed by atoms with E-state index in [2.05, 4.69) is 0 Å². The molecule has 0 saturated heterocycles. The normalized spacial score (nSPS) is 18.3. The second kappa shape index (κ2) is 9.08. The predicted molar refractivity (Wildman–Crippen MR) is 145 cm³/mol. The highest BCUT2D eigenvalue weighted by atomic mass is 16.6. The number of hydrogen-bond acceptors (Lipinski definition) is 8. The molecule has 1 aromatic heterocycles. The molecule has 3 aliphatic rings. The predicted octanol–water partition coefficient (Wildman–Crippen LogP) is 5.02. The molecule has 1 unspecified atom stereocenters. The number of allylic oxidation sites excluding steroid dienone is 1. The van der Waals surface area contributed by atoms with Crippen LogP contribution in [-0.2, 0) is 11.8 Å². The van der Waals surface area contributed by atoms with Gasteiger partial charge in [-0.2, -0.15) is 0 Å². The number of fused-ring (bicyclic) bond motifs is 5. The molecule has 7 rings (SSSR count). The van der Waals surface area contributed by atoms with E-state index in [0.717, 1.165) is 22.0 Å². The van der Waals surface area contributed by atoms with Gasteiger partial charge in [-0.3, -0.25) is 9.59 Å². The third kappa shape index (κ3) is 3.69. The number of methoxy groups -OCH3 is 2. The zero-order valence-corrected chi connectivity index (χ0v) is 22.1. The van der Waals surface area contributed by atoms with Crippen LogP contribution in [0.4, 0.5) is 0 Å². The van der Waals surface area contributed by atoms with E-state index in [4.69, 9.17) is 28.4 Å². The number of ether oxygens (including phenoxy) is 6. The van der Waals surface area contributed by atoms with Gasteiger partial charge in [-0.15, -0.1) is 0 Å². The average molecular weight is 540 g/mol. The van der Waals surface area contributed by atoms with Crippen LogP contribution >= 0.6 is 0 Å². The minimum Gasteiger partial charge on any atom is -0.497 e. The van der Waals surface area contributed by atoms with Crippen LogP contribution in [0.15, 0.2) is 54.4 Å². The van der Waals surface area contributed by atoms with Crippen molar-refractivity contribution >= 4 is 28.7 Å². The lowest BCUT2D eigenvalue weighted by atomic mass is 9.84. The Bertz CT molecular complexity index is 1750. The lowest BCUT2D eigenvalue weighted by molar-refractivity contribution is -0.135. The van der Waals surface area contributed by atoms with Crippen LogP contribution in [-0.4, -0.2) is 43.8 Å². The maximum Gasteiger partial charge on any atom is 0.312 e. The van der Waals surface area contributed by atoms with Crippen LogP contribution in [0.25, 0.3) is 17.0 Å². The monoisotopic (exact) mass is 539 g/mol. The highest BCUT2D eigenvalue weighted by molar-refractivity contribution is 6.15. The number of nitrogens with zero attached hydrogens (tertiary/aromatic N) is 1. The zero-order valence-electron chi connectivity index (χ0n) is 22.1.